The lowest BCUT2D eigenvalue weighted by Gasteiger charge is -2.29. The Morgan fingerprint density at radius 1 is 1.56 bits per heavy atom. The van der Waals surface area contributed by atoms with E-state index in [2.05, 4.69) is 4.98 Å². The molecular weight excluding hydrogens is 272 g/mol. The van der Waals surface area contributed by atoms with Gasteiger partial charge in [0.05, 0.1) is 23.5 Å². The number of amides is 1. The third kappa shape index (κ3) is 3.37. The van der Waals surface area contributed by atoms with Gasteiger partial charge < -0.3 is 9.64 Å². The number of nitrogens with zero attached hydrogens (tertiary/aromatic N) is 2. The van der Waals surface area contributed by atoms with Crippen molar-refractivity contribution >= 4 is 29.3 Å². The van der Waals surface area contributed by atoms with E-state index >= 15 is 0 Å². The molecule has 0 saturated carbocycles. The molecule has 6 heteroatoms. The lowest BCUT2D eigenvalue weighted by atomic mass is 10.3. The molecule has 1 unspecified atom stereocenters. The first-order valence-electron chi connectivity index (χ1n) is 5.82. The van der Waals surface area contributed by atoms with Crippen LogP contribution < -0.4 is 0 Å². The normalized spacial score (nSPS) is 17.6. The van der Waals surface area contributed by atoms with E-state index in [0.29, 0.717) is 36.4 Å². The molecule has 1 fully saturated rings. The van der Waals surface area contributed by atoms with Crippen molar-refractivity contribution in [1.82, 2.24) is 9.88 Å². The molecule has 2 heterocycles. The summed E-state index contributed by atoms with van der Waals surface area (Å²) in [7, 11) is 0. The Labute approximate surface area is 116 Å². The molecule has 0 aromatic carbocycles. The van der Waals surface area contributed by atoms with Crippen LogP contribution in [0, 0.1) is 0 Å². The Kier molecular flexibility index (Phi) is 4.86. The summed E-state index contributed by atoms with van der Waals surface area (Å²) in [6.07, 6.45) is 1.68. The number of ether oxygens (including phenoxy) is 1. The van der Waals surface area contributed by atoms with Crippen LogP contribution in [0.25, 0.3) is 0 Å². The molecule has 1 saturated heterocycles. The maximum atomic E-state index is 12.2. The van der Waals surface area contributed by atoms with Crippen LogP contribution in [0.4, 0.5) is 0 Å². The number of morpholine rings is 1. The van der Waals surface area contributed by atoms with Crippen molar-refractivity contribution < 1.29 is 9.53 Å². The highest BCUT2D eigenvalue weighted by Crippen LogP contribution is 2.28. The summed E-state index contributed by atoms with van der Waals surface area (Å²) in [5.41, 5.74) is 0. The highest BCUT2D eigenvalue weighted by Gasteiger charge is 2.24. The first kappa shape index (κ1) is 13.6. The minimum atomic E-state index is -0.185. The van der Waals surface area contributed by atoms with Crippen molar-refractivity contribution in [2.75, 3.05) is 26.3 Å². The van der Waals surface area contributed by atoms with Gasteiger partial charge in [0.2, 0.25) is 5.91 Å². The maximum absolute atomic E-state index is 12.2. The van der Waals surface area contributed by atoms with Crippen molar-refractivity contribution in [3.63, 3.8) is 0 Å². The molecule has 0 spiro atoms. The van der Waals surface area contributed by atoms with Crippen LogP contribution in [0.15, 0.2) is 23.4 Å². The van der Waals surface area contributed by atoms with E-state index in [-0.39, 0.29) is 11.2 Å². The average Bonchev–Trinajstić information content (AvgIpc) is 2.41. The zero-order valence-electron chi connectivity index (χ0n) is 10.1. The van der Waals surface area contributed by atoms with Gasteiger partial charge in [-0.25, -0.2) is 4.98 Å². The van der Waals surface area contributed by atoms with Crippen LogP contribution in [0.3, 0.4) is 0 Å². The summed E-state index contributed by atoms with van der Waals surface area (Å²) in [4.78, 5) is 18.2. The number of thioether (sulfide) groups is 1. The average molecular weight is 287 g/mol. The highest BCUT2D eigenvalue weighted by molar-refractivity contribution is 8.00. The van der Waals surface area contributed by atoms with Gasteiger partial charge in [0.1, 0.15) is 5.03 Å². The molecule has 18 heavy (non-hydrogen) atoms. The van der Waals surface area contributed by atoms with Crippen LogP contribution in [0.2, 0.25) is 5.02 Å². The van der Waals surface area contributed by atoms with Gasteiger partial charge in [-0.2, -0.15) is 0 Å². The highest BCUT2D eigenvalue weighted by atomic mass is 35.5. The Morgan fingerprint density at radius 3 is 2.94 bits per heavy atom. The molecule has 4 nitrogen and oxygen atoms in total. The molecule has 0 aliphatic carbocycles. The van der Waals surface area contributed by atoms with Gasteiger partial charge in [0.25, 0.3) is 0 Å². The molecule has 1 aliphatic rings. The third-order valence-electron chi connectivity index (χ3n) is 2.68. The van der Waals surface area contributed by atoms with Gasteiger partial charge in [-0.3, -0.25) is 4.79 Å². The Bertz CT molecular complexity index is 424. The van der Waals surface area contributed by atoms with Gasteiger partial charge in [-0.05, 0) is 19.1 Å². The molecular formula is C12H15ClN2O2S. The summed E-state index contributed by atoms with van der Waals surface area (Å²) in [5.74, 6) is 0.116. The van der Waals surface area contributed by atoms with Gasteiger partial charge in [-0.1, -0.05) is 23.4 Å². The SMILES string of the molecule is CC(Sc1ncccc1Cl)C(=O)N1CCOCC1. The number of hydrogen-bond acceptors (Lipinski definition) is 4. The molecule has 1 amide bonds. The van der Waals surface area contributed by atoms with E-state index < -0.39 is 0 Å². The molecule has 98 valence electrons. The molecule has 1 aromatic heterocycles. The molecule has 1 aromatic rings. The fraction of sp³-hybridized carbons (Fsp3) is 0.500. The largest absolute Gasteiger partial charge is 0.378 e. The van der Waals surface area contributed by atoms with E-state index in [4.69, 9.17) is 16.3 Å². The van der Waals surface area contributed by atoms with Crippen molar-refractivity contribution in [2.45, 2.75) is 17.2 Å². The van der Waals surface area contributed by atoms with Crippen LogP contribution in [-0.4, -0.2) is 47.3 Å². The topological polar surface area (TPSA) is 42.4 Å². The minimum absolute atomic E-state index is 0.116. The van der Waals surface area contributed by atoms with Gasteiger partial charge in [-0.15, -0.1) is 0 Å². The Balaban J connectivity index is 1.96. The fourth-order valence-electron chi connectivity index (χ4n) is 1.72. The number of hydrogen-bond donors (Lipinski definition) is 0. The number of carbonyl (C=O) groups excluding carboxylic acids is 1. The number of carbonyl (C=O) groups is 1. The minimum Gasteiger partial charge on any atom is -0.378 e. The van der Waals surface area contributed by atoms with Crippen LogP contribution in [0.1, 0.15) is 6.92 Å². The van der Waals surface area contributed by atoms with E-state index in [1.165, 1.54) is 11.8 Å². The molecule has 0 N–H and O–H groups in total. The van der Waals surface area contributed by atoms with E-state index in [1.54, 1.807) is 18.3 Å². The summed E-state index contributed by atoms with van der Waals surface area (Å²) >= 11 is 7.43. The zero-order valence-corrected chi connectivity index (χ0v) is 11.7. The molecule has 0 radical (unpaired) electrons. The van der Waals surface area contributed by atoms with Crippen molar-refractivity contribution in [2.24, 2.45) is 0 Å². The second-order valence-corrected chi connectivity index (χ2v) is 5.72. The number of halogens is 1. The van der Waals surface area contributed by atoms with E-state index in [0.717, 1.165) is 0 Å². The van der Waals surface area contributed by atoms with Gasteiger partial charge in [0, 0.05) is 19.3 Å². The smallest absolute Gasteiger partial charge is 0.235 e. The Morgan fingerprint density at radius 2 is 2.28 bits per heavy atom. The molecule has 0 bridgehead atoms. The fourth-order valence-corrected chi connectivity index (χ4v) is 2.86. The predicted octanol–water partition coefficient (Wildman–Crippen LogP) is 2.07. The first-order valence-corrected chi connectivity index (χ1v) is 7.08. The van der Waals surface area contributed by atoms with Crippen molar-refractivity contribution in [1.29, 1.82) is 0 Å². The second-order valence-electron chi connectivity index (χ2n) is 3.99. The van der Waals surface area contributed by atoms with Crippen LogP contribution in [-0.2, 0) is 9.53 Å². The third-order valence-corrected chi connectivity index (χ3v) is 4.20. The number of aromatic nitrogens is 1. The number of pyridine rings is 1. The van der Waals surface area contributed by atoms with E-state index in [1.807, 2.05) is 11.8 Å². The first-order chi connectivity index (χ1) is 8.68. The van der Waals surface area contributed by atoms with Crippen molar-refractivity contribution in [3.8, 4) is 0 Å². The monoisotopic (exact) mass is 286 g/mol. The van der Waals surface area contributed by atoms with Crippen LogP contribution in [0.5, 0.6) is 0 Å². The second kappa shape index (κ2) is 6.41. The summed E-state index contributed by atoms with van der Waals surface area (Å²) in [5, 5.41) is 1.10. The standard InChI is InChI=1S/C12H15ClN2O2S/c1-9(12(16)15-5-7-17-8-6-15)18-11-10(13)3-2-4-14-11/h2-4,9H,5-8H2,1H3. The van der Waals surface area contributed by atoms with E-state index in [9.17, 15) is 4.79 Å². The summed E-state index contributed by atoms with van der Waals surface area (Å²) in [6.45, 7) is 4.45. The quantitative estimate of drug-likeness (QED) is 0.798. The molecule has 1 atom stereocenters. The Hall–Kier alpha value is -0.780. The predicted molar refractivity (Wildman–Crippen MR) is 72.0 cm³/mol. The van der Waals surface area contributed by atoms with Crippen molar-refractivity contribution in [3.05, 3.63) is 23.4 Å². The zero-order chi connectivity index (χ0) is 13.0. The van der Waals surface area contributed by atoms with Gasteiger partial charge in [0.15, 0.2) is 0 Å². The lowest BCUT2D eigenvalue weighted by molar-refractivity contribution is -0.134. The number of rotatable bonds is 3. The van der Waals surface area contributed by atoms with Crippen LogP contribution >= 0.6 is 23.4 Å². The molecule has 1 aliphatic heterocycles. The summed E-state index contributed by atoms with van der Waals surface area (Å²) in [6, 6.07) is 3.56. The van der Waals surface area contributed by atoms with Gasteiger partial charge >= 0.3 is 0 Å². The molecule has 2 rings (SSSR count). The maximum Gasteiger partial charge on any atom is 0.235 e. The lowest BCUT2D eigenvalue weighted by Crippen LogP contribution is -2.44. The summed E-state index contributed by atoms with van der Waals surface area (Å²) < 4.78 is 5.23.